The van der Waals surface area contributed by atoms with Gasteiger partial charge in [0.1, 0.15) is 17.9 Å². The van der Waals surface area contributed by atoms with E-state index in [1.807, 2.05) is 26.0 Å². The third kappa shape index (κ3) is 3.26. The predicted octanol–water partition coefficient (Wildman–Crippen LogP) is 2.00. The molecule has 0 bridgehead atoms. The lowest BCUT2D eigenvalue weighted by Gasteiger charge is -2.20. The molecule has 1 aromatic rings. The van der Waals surface area contributed by atoms with E-state index in [1.165, 1.54) is 11.1 Å². The Morgan fingerprint density at radius 1 is 1.53 bits per heavy atom. The normalized spacial score (nSPS) is 19.1. The van der Waals surface area contributed by atoms with Crippen LogP contribution in [0.1, 0.15) is 25.0 Å². The molecule has 1 aliphatic heterocycles. The number of hydrogen-bond acceptors (Lipinski definition) is 3. The lowest BCUT2D eigenvalue weighted by Crippen LogP contribution is -2.45. The largest absolute Gasteiger partial charge is 0.488 e. The van der Waals surface area contributed by atoms with Gasteiger partial charge in [-0.2, -0.15) is 0 Å². The molecule has 0 radical (unpaired) electrons. The number of aliphatic carboxylic acids is 1. The maximum absolute atomic E-state index is 11.1. The summed E-state index contributed by atoms with van der Waals surface area (Å²) in [5.41, 5.74) is 2.43. The number of hydrogen-bond donors (Lipinski definition) is 2. The molecule has 0 saturated carbocycles. The van der Waals surface area contributed by atoms with Crippen molar-refractivity contribution in [3.05, 3.63) is 29.3 Å². The van der Waals surface area contributed by atoms with Crippen LogP contribution in [0.2, 0.25) is 0 Å². The number of nitrogens with one attached hydrogen (secondary N) is 1. The van der Waals surface area contributed by atoms with Crippen LogP contribution in [0.3, 0.4) is 0 Å². The zero-order valence-corrected chi connectivity index (χ0v) is 11.6. The van der Waals surface area contributed by atoms with Crippen molar-refractivity contribution in [3.63, 3.8) is 0 Å². The van der Waals surface area contributed by atoms with Crippen LogP contribution >= 0.6 is 0 Å². The van der Waals surface area contributed by atoms with Crippen LogP contribution in [0.15, 0.2) is 18.2 Å². The molecule has 1 aromatic carbocycles. The van der Waals surface area contributed by atoms with E-state index in [1.54, 1.807) is 0 Å². The summed E-state index contributed by atoms with van der Waals surface area (Å²) in [5.74, 6) is 0.179. The van der Waals surface area contributed by atoms with E-state index in [4.69, 9.17) is 9.84 Å². The van der Waals surface area contributed by atoms with Gasteiger partial charge in [0.2, 0.25) is 0 Å². The number of ether oxygens (including phenoxy) is 1. The maximum Gasteiger partial charge on any atom is 0.320 e. The molecule has 0 aliphatic carbocycles. The molecule has 104 valence electrons. The van der Waals surface area contributed by atoms with Crippen molar-refractivity contribution >= 4 is 5.97 Å². The summed E-state index contributed by atoms with van der Waals surface area (Å²) in [6, 6.07) is 5.63. The Morgan fingerprint density at radius 2 is 2.26 bits per heavy atom. The van der Waals surface area contributed by atoms with Gasteiger partial charge in [-0.15, -0.1) is 0 Å². The van der Waals surface area contributed by atoms with Gasteiger partial charge >= 0.3 is 5.97 Å². The molecule has 0 fully saturated rings. The Kier molecular flexibility index (Phi) is 4.10. The second kappa shape index (κ2) is 5.61. The molecule has 0 aromatic heterocycles. The number of benzene rings is 1. The van der Waals surface area contributed by atoms with Crippen LogP contribution in [-0.4, -0.2) is 29.8 Å². The van der Waals surface area contributed by atoms with E-state index < -0.39 is 12.0 Å². The minimum Gasteiger partial charge on any atom is -0.488 e. The second-order valence-electron chi connectivity index (χ2n) is 5.52. The molecule has 0 spiro atoms. The van der Waals surface area contributed by atoms with Gasteiger partial charge in [0.25, 0.3) is 0 Å². The fraction of sp³-hybridized carbons (Fsp3) is 0.533. The number of carboxylic acid groups (broad SMARTS) is 1. The van der Waals surface area contributed by atoms with Crippen molar-refractivity contribution in [1.29, 1.82) is 0 Å². The lowest BCUT2D eigenvalue weighted by atomic mass is 10.0. The van der Waals surface area contributed by atoms with E-state index in [-0.39, 0.29) is 12.0 Å². The van der Waals surface area contributed by atoms with Crippen molar-refractivity contribution in [2.45, 2.75) is 39.3 Å². The molecule has 1 heterocycles. The third-order valence-corrected chi connectivity index (χ3v) is 3.46. The first-order chi connectivity index (χ1) is 8.97. The summed E-state index contributed by atoms with van der Waals surface area (Å²) >= 11 is 0. The molecule has 2 unspecified atom stereocenters. The Morgan fingerprint density at radius 3 is 2.89 bits per heavy atom. The lowest BCUT2D eigenvalue weighted by molar-refractivity contribution is -0.140. The molecule has 2 rings (SSSR count). The average Bonchev–Trinajstić information content (AvgIpc) is 2.70. The van der Waals surface area contributed by atoms with Gasteiger partial charge in [-0.1, -0.05) is 31.5 Å². The van der Waals surface area contributed by atoms with Crippen LogP contribution < -0.4 is 10.1 Å². The van der Waals surface area contributed by atoms with Gasteiger partial charge in [-0.3, -0.25) is 4.79 Å². The van der Waals surface area contributed by atoms with Crippen LogP contribution in [0.4, 0.5) is 0 Å². The highest BCUT2D eigenvalue weighted by Crippen LogP contribution is 2.29. The summed E-state index contributed by atoms with van der Waals surface area (Å²) in [7, 11) is 0. The zero-order valence-electron chi connectivity index (χ0n) is 11.6. The molecule has 4 heteroatoms. The Labute approximate surface area is 113 Å². The Balaban J connectivity index is 1.92. The highest BCUT2D eigenvalue weighted by atomic mass is 16.5. The topological polar surface area (TPSA) is 58.6 Å². The molecular formula is C15H21NO3. The highest BCUT2D eigenvalue weighted by Gasteiger charge is 2.26. The molecule has 0 amide bonds. The number of rotatable bonds is 5. The van der Waals surface area contributed by atoms with E-state index >= 15 is 0 Å². The summed E-state index contributed by atoms with van der Waals surface area (Å²) in [6.07, 6.45) is 0.867. The molecular weight excluding hydrogens is 242 g/mol. The van der Waals surface area contributed by atoms with Crippen LogP contribution in [0.5, 0.6) is 5.75 Å². The van der Waals surface area contributed by atoms with Crippen molar-refractivity contribution in [2.24, 2.45) is 5.92 Å². The number of carbonyl (C=O) groups is 1. The minimum atomic E-state index is -0.804. The first-order valence-electron chi connectivity index (χ1n) is 6.69. The zero-order chi connectivity index (χ0) is 14.0. The monoisotopic (exact) mass is 263 g/mol. The van der Waals surface area contributed by atoms with E-state index in [9.17, 15) is 4.79 Å². The van der Waals surface area contributed by atoms with E-state index in [2.05, 4.69) is 18.3 Å². The minimum absolute atomic E-state index is 0.0254. The number of aryl methyl sites for hydroxylation is 1. The summed E-state index contributed by atoms with van der Waals surface area (Å²) < 4.78 is 5.82. The van der Waals surface area contributed by atoms with Crippen LogP contribution in [0.25, 0.3) is 0 Å². The smallest absolute Gasteiger partial charge is 0.320 e. The van der Waals surface area contributed by atoms with Crippen molar-refractivity contribution in [2.75, 3.05) is 6.54 Å². The highest BCUT2D eigenvalue weighted by molar-refractivity contribution is 5.73. The van der Waals surface area contributed by atoms with Gasteiger partial charge < -0.3 is 15.2 Å². The summed E-state index contributed by atoms with van der Waals surface area (Å²) in [4.78, 5) is 11.1. The van der Waals surface area contributed by atoms with Gasteiger partial charge in [-0.25, -0.2) is 0 Å². The average molecular weight is 263 g/mol. The number of fused-ring (bicyclic) bond motifs is 1. The van der Waals surface area contributed by atoms with Crippen LogP contribution in [-0.2, 0) is 11.2 Å². The van der Waals surface area contributed by atoms with E-state index in [0.29, 0.717) is 6.54 Å². The Bertz CT molecular complexity index is 470. The Hall–Kier alpha value is -1.55. The molecule has 1 aliphatic rings. The first-order valence-corrected chi connectivity index (χ1v) is 6.69. The summed E-state index contributed by atoms with van der Waals surface area (Å²) in [5, 5.41) is 12.2. The van der Waals surface area contributed by atoms with Gasteiger partial charge in [0.05, 0.1) is 0 Å². The van der Waals surface area contributed by atoms with Gasteiger partial charge in [-0.05, 0) is 24.5 Å². The van der Waals surface area contributed by atoms with Gasteiger partial charge in [0, 0.05) is 13.0 Å². The molecule has 19 heavy (non-hydrogen) atoms. The SMILES string of the molecule is Cc1ccc2c(c1)CC(CNC(C(=O)O)C(C)C)O2. The van der Waals surface area contributed by atoms with Crippen molar-refractivity contribution in [3.8, 4) is 5.75 Å². The second-order valence-corrected chi connectivity index (χ2v) is 5.52. The molecule has 2 N–H and O–H groups in total. The fourth-order valence-electron chi connectivity index (χ4n) is 2.43. The quantitative estimate of drug-likeness (QED) is 0.853. The van der Waals surface area contributed by atoms with Crippen molar-refractivity contribution < 1.29 is 14.6 Å². The van der Waals surface area contributed by atoms with Crippen molar-refractivity contribution in [1.82, 2.24) is 5.32 Å². The standard InChI is InChI=1S/C15H21NO3/c1-9(2)14(15(17)18)16-8-12-7-11-6-10(3)4-5-13(11)19-12/h4-6,9,12,14,16H,7-8H2,1-3H3,(H,17,18). The number of carboxylic acids is 1. The van der Waals surface area contributed by atoms with E-state index in [0.717, 1.165) is 12.2 Å². The first kappa shape index (κ1) is 13.9. The fourth-order valence-corrected chi connectivity index (χ4v) is 2.43. The molecule has 0 saturated heterocycles. The molecule has 2 atom stereocenters. The van der Waals surface area contributed by atoms with Crippen LogP contribution in [0, 0.1) is 12.8 Å². The third-order valence-electron chi connectivity index (χ3n) is 3.46. The molecule has 4 nitrogen and oxygen atoms in total. The predicted molar refractivity (Wildman–Crippen MR) is 73.6 cm³/mol. The summed E-state index contributed by atoms with van der Waals surface area (Å²) in [6.45, 7) is 6.42. The van der Waals surface area contributed by atoms with Gasteiger partial charge in [0.15, 0.2) is 0 Å². The maximum atomic E-state index is 11.1.